The Kier molecular flexibility index (Phi) is 5.71. The van der Waals surface area contributed by atoms with E-state index in [2.05, 4.69) is 6.92 Å². The summed E-state index contributed by atoms with van der Waals surface area (Å²) in [5.41, 5.74) is 2.36. The average Bonchev–Trinajstić information content (AvgIpc) is 3.32. The monoisotopic (exact) mass is 460 g/mol. The Labute approximate surface area is 198 Å². The fraction of sp³-hybridized carbons (Fsp3) is 0.407. The van der Waals surface area contributed by atoms with E-state index in [9.17, 15) is 19.2 Å². The summed E-state index contributed by atoms with van der Waals surface area (Å²) in [5, 5.41) is 0. The Bertz CT molecular complexity index is 1140. The van der Waals surface area contributed by atoms with Gasteiger partial charge in [0.25, 0.3) is 0 Å². The third-order valence-corrected chi connectivity index (χ3v) is 7.31. The van der Waals surface area contributed by atoms with Crippen LogP contribution in [-0.4, -0.2) is 30.2 Å². The Morgan fingerprint density at radius 1 is 0.882 bits per heavy atom. The molecule has 0 aromatic heterocycles. The minimum absolute atomic E-state index is 0.1000. The second kappa shape index (κ2) is 8.70. The minimum Gasteiger partial charge on any atom is -0.426 e. The second-order valence-corrected chi connectivity index (χ2v) is 9.80. The highest BCUT2D eigenvalue weighted by molar-refractivity contribution is 6.22. The lowest BCUT2D eigenvalue weighted by Crippen LogP contribution is -2.30. The van der Waals surface area contributed by atoms with Gasteiger partial charge in [0, 0.05) is 18.7 Å². The molecule has 5 rings (SSSR count). The second-order valence-electron chi connectivity index (χ2n) is 9.80. The number of esters is 1. The molecule has 1 aliphatic carbocycles. The van der Waals surface area contributed by atoms with Crippen molar-refractivity contribution in [1.29, 1.82) is 0 Å². The summed E-state index contributed by atoms with van der Waals surface area (Å²) in [6.07, 6.45) is 2.57. The van der Waals surface area contributed by atoms with Crippen LogP contribution in [0, 0.1) is 30.6 Å². The number of hydrogen-bond acceptors (Lipinski definition) is 5. The highest BCUT2D eigenvalue weighted by Crippen LogP contribution is 2.42. The van der Waals surface area contributed by atoms with Crippen LogP contribution in [0.3, 0.4) is 0 Å². The number of imide groups is 1. The smallest absolute Gasteiger partial charge is 0.316 e. The van der Waals surface area contributed by atoms with Gasteiger partial charge >= 0.3 is 5.97 Å². The molecule has 7 heteroatoms. The topological polar surface area (TPSA) is 84.0 Å². The number of aryl methyl sites for hydroxylation is 1. The Morgan fingerprint density at radius 3 is 2.24 bits per heavy atom. The van der Waals surface area contributed by atoms with Gasteiger partial charge in [-0.2, -0.15) is 0 Å². The molecule has 34 heavy (non-hydrogen) atoms. The number of fused-ring (bicyclic) bond motifs is 1. The van der Waals surface area contributed by atoms with Crippen molar-refractivity contribution in [2.45, 2.75) is 39.5 Å². The number of ether oxygens (including phenoxy) is 1. The summed E-state index contributed by atoms with van der Waals surface area (Å²) in [6.45, 7) is 4.37. The number of amides is 3. The number of carbonyl (C=O) groups excluding carboxylic acids is 4. The average molecular weight is 461 g/mol. The Morgan fingerprint density at radius 2 is 1.53 bits per heavy atom. The summed E-state index contributed by atoms with van der Waals surface area (Å²) in [4.78, 5) is 53.9. The molecule has 0 N–H and O–H groups in total. The summed E-state index contributed by atoms with van der Waals surface area (Å²) >= 11 is 0. The van der Waals surface area contributed by atoms with E-state index in [1.54, 1.807) is 29.2 Å². The molecule has 2 aromatic carbocycles. The van der Waals surface area contributed by atoms with Gasteiger partial charge in [-0.15, -0.1) is 0 Å². The normalized spacial score (nSPS) is 26.7. The van der Waals surface area contributed by atoms with Crippen LogP contribution in [-0.2, 0) is 19.2 Å². The van der Waals surface area contributed by atoms with Crippen molar-refractivity contribution in [3.05, 3.63) is 54.1 Å². The molecule has 1 saturated carbocycles. The van der Waals surface area contributed by atoms with E-state index in [1.807, 2.05) is 31.2 Å². The van der Waals surface area contributed by atoms with Gasteiger partial charge < -0.3 is 9.64 Å². The SMILES string of the molecule is Cc1ccc(N2C[C@H](C(=O)Oc3ccc(N4C(=O)[C@H]5CC[C@@H](C)C[C@@H]5C4=O)cc3)CC2=O)cc1. The van der Waals surface area contributed by atoms with Gasteiger partial charge in [-0.05, 0) is 68.5 Å². The molecule has 7 nitrogen and oxygen atoms in total. The van der Waals surface area contributed by atoms with Crippen molar-refractivity contribution >= 4 is 35.1 Å². The molecule has 2 heterocycles. The first-order valence-corrected chi connectivity index (χ1v) is 11.9. The zero-order valence-corrected chi connectivity index (χ0v) is 19.4. The minimum atomic E-state index is -0.555. The molecular formula is C27H28N2O5. The van der Waals surface area contributed by atoms with Crippen molar-refractivity contribution < 1.29 is 23.9 Å². The van der Waals surface area contributed by atoms with Crippen LogP contribution < -0.4 is 14.5 Å². The van der Waals surface area contributed by atoms with Gasteiger partial charge in [0.05, 0.1) is 23.4 Å². The van der Waals surface area contributed by atoms with E-state index in [0.717, 1.165) is 30.5 Å². The highest BCUT2D eigenvalue weighted by Gasteiger charge is 2.50. The molecule has 0 radical (unpaired) electrons. The molecule has 2 aromatic rings. The zero-order valence-electron chi connectivity index (χ0n) is 19.4. The van der Waals surface area contributed by atoms with Gasteiger partial charge in [-0.3, -0.25) is 24.1 Å². The van der Waals surface area contributed by atoms with Gasteiger partial charge in [0.1, 0.15) is 5.75 Å². The van der Waals surface area contributed by atoms with E-state index in [4.69, 9.17) is 4.74 Å². The first-order valence-electron chi connectivity index (χ1n) is 11.9. The lowest BCUT2D eigenvalue weighted by molar-refractivity contribution is -0.139. The maximum atomic E-state index is 12.9. The number of benzene rings is 2. The predicted molar refractivity (Wildman–Crippen MR) is 126 cm³/mol. The molecule has 4 atom stereocenters. The molecule has 0 bridgehead atoms. The van der Waals surface area contributed by atoms with Crippen molar-refractivity contribution in [3.8, 4) is 5.75 Å². The van der Waals surface area contributed by atoms with Crippen LogP contribution in [0.1, 0.15) is 38.2 Å². The van der Waals surface area contributed by atoms with Crippen molar-refractivity contribution in [2.24, 2.45) is 23.7 Å². The lowest BCUT2D eigenvalue weighted by Gasteiger charge is -2.25. The van der Waals surface area contributed by atoms with Gasteiger partial charge in [-0.1, -0.05) is 24.6 Å². The number of nitrogens with zero attached hydrogens (tertiary/aromatic N) is 2. The van der Waals surface area contributed by atoms with E-state index < -0.39 is 11.9 Å². The van der Waals surface area contributed by atoms with E-state index in [1.165, 1.54) is 4.90 Å². The summed E-state index contributed by atoms with van der Waals surface area (Å²) in [5.74, 6) is -1.08. The van der Waals surface area contributed by atoms with Crippen LogP contribution in [0.15, 0.2) is 48.5 Å². The number of anilines is 2. The van der Waals surface area contributed by atoms with Gasteiger partial charge in [-0.25, -0.2) is 0 Å². The van der Waals surface area contributed by atoms with Crippen LogP contribution in [0.4, 0.5) is 11.4 Å². The highest BCUT2D eigenvalue weighted by atomic mass is 16.5. The molecule has 0 spiro atoms. The third-order valence-electron chi connectivity index (χ3n) is 7.31. The Balaban J connectivity index is 1.24. The fourth-order valence-corrected chi connectivity index (χ4v) is 5.35. The van der Waals surface area contributed by atoms with Crippen molar-refractivity contribution in [3.63, 3.8) is 0 Å². The lowest BCUT2D eigenvalue weighted by atomic mass is 9.76. The van der Waals surface area contributed by atoms with Crippen LogP contribution in [0.5, 0.6) is 5.75 Å². The molecule has 2 aliphatic heterocycles. The molecule has 3 fully saturated rings. The maximum absolute atomic E-state index is 12.9. The summed E-state index contributed by atoms with van der Waals surface area (Å²) < 4.78 is 5.52. The van der Waals surface area contributed by atoms with Crippen LogP contribution in [0.25, 0.3) is 0 Å². The Hall–Kier alpha value is -3.48. The molecule has 0 unspecified atom stereocenters. The van der Waals surface area contributed by atoms with Crippen LogP contribution >= 0.6 is 0 Å². The summed E-state index contributed by atoms with van der Waals surface area (Å²) in [6, 6.07) is 14.1. The standard InChI is InChI=1S/C27H28N2O5/c1-16-3-6-19(7-4-16)28-15-18(14-24(28)30)27(33)34-21-10-8-20(9-11-21)29-25(31)22-12-5-17(2)13-23(22)26(29)32/h3-4,6-11,17-18,22-23H,5,12-15H2,1-2H3/t17-,18-,22+,23+/m1/s1. The quantitative estimate of drug-likeness (QED) is 0.393. The first kappa shape index (κ1) is 22.3. The van der Waals surface area contributed by atoms with E-state index in [-0.39, 0.29) is 42.5 Å². The molecule has 3 aliphatic rings. The molecule has 3 amide bonds. The zero-order chi connectivity index (χ0) is 24.0. The maximum Gasteiger partial charge on any atom is 0.316 e. The number of carbonyl (C=O) groups is 4. The van der Waals surface area contributed by atoms with Crippen molar-refractivity contribution in [2.75, 3.05) is 16.3 Å². The number of hydrogen-bond donors (Lipinski definition) is 0. The van der Waals surface area contributed by atoms with Gasteiger partial charge in [0.2, 0.25) is 17.7 Å². The molecular weight excluding hydrogens is 432 g/mol. The van der Waals surface area contributed by atoms with E-state index >= 15 is 0 Å². The predicted octanol–water partition coefficient (Wildman–Crippen LogP) is 3.88. The van der Waals surface area contributed by atoms with E-state index in [0.29, 0.717) is 17.4 Å². The number of rotatable bonds is 4. The molecule has 2 saturated heterocycles. The first-order chi connectivity index (χ1) is 16.3. The molecule has 176 valence electrons. The largest absolute Gasteiger partial charge is 0.426 e. The van der Waals surface area contributed by atoms with Crippen molar-refractivity contribution in [1.82, 2.24) is 0 Å². The van der Waals surface area contributed by atoms with Crippen LogP contribution in [0.2, 0.25) is 0 Å². The fourth-order valence-electron chi connectivity index (χ4n) is 5.35. The third kappa shape index (κ3) is 4.00. The summed E-state index contributed by atoms with van der Waals surface area (Å²) in [7, 11) is 0. The van der Waals surface area contributed by atoms with Gasteiger partial charge in [0.15, 0.2) is 0 Å².